The number of cyclic esters (lactones) is 1. The van der Waals surface area contributed by atoms with E-state index in [0.717, 1.165) is 41.0 Å². The first-order valence-corrected chi connectivity index (χ1v) is 17.3. The summed E-state index contributed by atoms with van der Waals surface area (Å²) in [6.45, 7) is 4.23. The first kappa shape index (κ1) is 27.5. The fraction of sp³-hybridized carbons (Fsp3) is 0.250. The van der Waals surface area contributed by atoms with Crippen molar-refractivity contribution in [3.05, 3.63) is 118 Å². The predicted molar refractivity (Wildman–Crippen MR) is 172 cm³/mol. The second-order valence-electron chi connectivity index (χ2n) is 11.7. The molecule has 216 valence electrons. The first-order valence-electron chi connectivity index (χ1n) is 15.1. The number of hydrogen-bond donors (Lipinski definition) is 1. The molecule has 2 aliphatic heterocycles. The summed E-state index contributed by atoms with van der Waals surface area (Å²) in [5, 5.41) is 16.4. The van der Waals surface area contributed by atoms with Crippen LogP contribution in [0.25, 0.3) is 22.3 Å². The van der Waals surface area contributed by atoms with Gasteiger partial charge in [0.15, 0.2) is 5.60 Å². The van der Waals surface area contributed by atoms with Gasteiger partial charge in [-0.3, -0.25) is 4.79 Å². The number of benzene rings is 3. The average Bonchev–Trinajstić information content (AvgIpc) is 3.41. The zero-order valence-corrected chi connectivity index (χ0v) is 25.5. The standard InChI is InChI=1S/C36H34N2O4Si/c1-3-5-18-43(26-12-8-6-9-13-26,27-14-10-7-11-15-27)28-16-17-31-24(20-28)19-25-22-38-32(33(25)37-31)21-30-29(34(38)39)23-42-35(40)36(30,41)4-2/h6-17,19-21,41H,3-5,18,22-23H2,1-2H3/t36-/m0/s1. The van der Waals surface area contributed by atoms with Gasteiger partial charge in [-0.15, -0.1) is 0 Å². The molecule has 0 radical (unpaired) electrons. The number of unbranched alkanes of at least 4 members (excludes halogenated alkanes) is 1. The molecular weight excluding hydrogens is 552 g/mol. The minimum absolute atomic E-state index is 0.120. The first-order chi connectivity index (χ1) is 20.9. The highest BCUT2D eigenvalue weighted by atomic mass is 28.3. The molecule has 0 saturated heterocycles. The van der Waals surface area contributed by atoms with E-state index in [4.69, 9.17) is 9.72 Å². The van der Waals surface area contributed by atoms with Crippen molar-refractivity contribution in [2.75, 3.05) is 0 Å². The number of hydrogen-bond acceptors (Lipinski definition) is 5. The Labute approximate surface area is 251 Å². The van der Waals surface area contributed by atoms with Gasteiger partial charge in [0.25, 0.3) is 5.56 Å². The van der Waals surface area contributed by atoms with E-state index in [1.165, 1.54) is 15.6 Å². The van der Waals surface area contributed by atoms with Crippen molar-refractivity contribution in [3.63, 3.8) is 0 Å². The Balaban J connectivity index is 1.40. The number of aliphatic hydroxyl groups is 1. The van der Waals surface area contributed by atoms with E-state index in [-0.39, 0.29) is 18.6 Å². The Kier molecular flexibility index (Phi) is 6.67. The fourth-order valence-electron chi connectivity index (χ4n) is 7.07. The molecule has 0 aliphatic carbocycles. The summed E-state index contributed by atoms with van der Waals surface area (Å²) >= 11 is 0. The third kappa shape index (κ3) is 4.13. The molecule has 0 spiro atoms. The molecule has 7 rings (SSSR count). The highest BCUT2D eigenvalue weighted by molar-refractivity contribution is 7.11. The number of fused-ring (bicyclic) bond motifs is 5. The number of pyridine rings is 2. The van der Waals surface area contributed by atoms with Gasteiger partial charge in [-0.05, 0) is 46.2 Å². The van der Waals surface area contributed by atoms with Crippen molar-refractivity contribution in [1.82, 2.24) is 9.55 Å². The quantitative estimate of drug-likeness (QED) is 0.171. The summed E-state index contributed by atoms with van der Waals surface area (Å²) in [5.41, 5.74) is 1.76. The van der Waals surface area contributed by atoms with Crippen molar-refractivity contribution >= 4 is 40.5 Å². The third-order valence-electron chi connectivity index (χ3n) is 9.44. The van der Waals surface area contributed by atoms with Crippen LogP contribution in [0.1, 0.15) is 49.8 Å². The molecule has 6 nitrogen and oxygen atoms in total. The van der Waals surface area contributed by atoms with Crippen LogP contribution < -0.4 is 21.1 Å². The molecule has 43 heavy (non-hydrogen) atoms. The van der Waals surface area contributed by atoms with Crippen LogP contribution in [0.15, 0.2) is 95.8 Å². The lowest BCUT2D eigenvalue weighted by atomic mass is 9.86. The van der Waals surface area contributed by atoms with Gasteiger partial charge in [-0.2, -0.15) is 0 Å². The molecule has 2 aliphatic rings. The molecule has 1 atom stereocenters. The van der Waals surface area contributed by atoms with E-state index >= 15 is 0 Å². The van der Waals surface area contributed by atoms with Crippen LogP contribution in [0.5, 0.6) is 0 Å². The fourth-order valence-corrected chi connectivity index (χ4v) is 12.1. The lowest BCUT2D eigenvalue weighted by Crippen LogP contribution is -2.66. The van der Waals surface area contributed by atoms with E-state index in [1.54, 1.807) is 17.6 Å². The van der Waals surface area contributed by atoms with Crippen LogP contribution in [0.4, 0.5) is 0 Å². The monoisotopic (exact) mass is 586 g/mol. The molecule has 4 heterocycles. The minimum Gasteiger partial charge on any atom is -0.458 e. The van der Waals surface area contributed by atoms with Crippen molar-refractivity contribution in [3.8, 4) is 11.4 Å². The zero-order valence-electron chi connectivity index (χ0n) is 24.5. The van der Waals surface area contributed by atoms with Crippen molar-refractivity contribution in [2.45, 2.75) is 57.9 Å². The number of ether oxygens (including phenoxy) is 1. The SMILES string of the molecule is CCCC[Si](c1ccccc1)(c1ccccc1)c1ccc2nc3c(cc2c1)Cn1c-3cc2c(c1=O)COC(=O)[C@]2(O)CC. The Morgan fingerprint density at radius 3 is 2.26 bits per heavy atom. The van der Waals surface area contributed by atoms with Crippen LogP contribution in [0.2, 0.25) is 6.04 Å². The number of rotatable bonds is 7. The Hall–Kier alpha value is -4.33. The molecule has 5 aromatic rings. The molecule has 0 amide bonds. The largest absolute Gasteiger partial charge is 0.458 e. The highest BCUT2D eigenvalue weighted by Gasteiger charge is 2.45. The van der Waals surface area contributed by atoms with Gasteiger partial charge in [0, 0.05) is 16.5 Å². The third-order valence-corrected chi connectivity index (χ3v) is 14.5. The number of nitrogens with zero attached hydrogens (tertiary/aromatic N) is 2. The van der Waals surface area contributed by atoms with E-state index in [2.05, 4.69) is 91.9 Å². The maximum Gasteiger partial charge on any atom is 0.343 e. The molecule has 3 aromatic carbocycles. The van der Waals surface area contributed by atoms with Gasteiger partial charge in [0.2, 0.25) is 0 Å². The predicted octanol–water partition coefficient (Wildman–Crippen LogP) is 4.35. The van der Waals surface area contributed by atoms with Crippen molar-refractivity contribution in [2.24, 2.45) is 0 Å². The Morgan fingerprint density at radius 2 is 1.60 bits per heavy atom. The second-order valence-corrected chi connectivity index (χ2v) is 15.8. The smallest absolute Gasteiger partial charge is 0.343 e. The molecule has 0 fully saturated rings. The van der Waals surface area contributed by atoms with Crippen molar-refractivity contribution in [1.29, 1.82) is 0 Å². The summed E-state index contributed by atoms with van der Waals surface area (Å²) in [5.74, 6) is -0.711. The van der Waals surface area contributed by atoms with Crippen LogP contribution in [0.3, 0.4) is 0 Å². The van der Waals surface area contributed by atoms with Gasteiger partial charge in [-0.1, -0.05) is 99.5 Å². The van der Waals surface area contributed by atoms with E-state index in [9.17, 15) is 14.7 Å². The van der Waals surface area contributed by atoms with Gasteiger partial charge in [0.1, 0.15) is 14.7 Å². The average molecular weight is 587 g/mol. The zero-order chi connectivity index (χ0) is 29.8. The van der Waals surface area contributed by atoms with E-state index in [1.807, 2.05) is 0 Å². The lowest BCUT2D eigenvalue weighted by Gasteiger charge is -2.34. The summed E-state index contributed by atoms with van der Waals surface area (Å²) in [6.07, 6.45) is 2.38. The van der Waals surface area contributed by atoms with Crippen LogP contribution in [0, 0.1) is 0 Å². The van der Waals surface area contributed by atoms with Crippen LogP contribution in [-0.4, -0.2) is 28.7 Å². The molecule has 0 saturated carbocycles. The van der Waals surface area contributed by atoms with Crippen LogP contribution >= 0.6 is 0 Å². The topological polar surface area (TPSA) is 81.4 Å². The lowest BCUT2D eigenvalue weighted by molar-refractivity contribution is -0.172. The van der Waals surface area contributed by atoms with Gasteiger partial charge >= 0.3 is 5.97 Å². The molecule has 7 heteroatoms. The molecular formula is C36H34N2O4Si. The molecule has 0 unspecified atom stereocenters. The van der Waals surface area contributed by atoms with Gasteiger partial charge in [-0.25, -0.2) is 9.78 Å². The van der Waals surface area contributed by atoms with Gasteiger partial charge in [0.05, 0.1) is 29.0 Å². The minimum atomic E-state index is -2.36. The van der Waals surface area contributed by atoms with E-state index < -0.39 is 19.6 Å². The molecule has 2 aromatic heterocycles. The normalized spacial score (nSPS) is 17.3. The number of esters is 1. The molecule has 0 bridgehead atoms. The Bertz CT molecular complexity index is 1900. The number of carbonyl (C=O) groups is 1. The number of carbonyl (C=O) groups excluding carboxylic acids is 1. The van der Waals surface area contributed by atoms with Crippen molar-refractivity contribution < 1.29 is 14.6 Å². The van der Waals surface area contributed by atoms with E-state index in [0.29, 0.717) is 23.4 Å². The molecule has 1 N–H and O–H groups in total. The number of aromatic nitrogens is 2. The Morgan fingerprint density at radius 1 is 0.907 bits per heavy atom. The summed E-state index contributed by atoms with van der Waals surface area (Å²) < 4.78 is 6.92. The highest BCUT2D eigenvalue weighted by Crippen LogP contribution is 2.38. The summed E-state index contributed by atoms with van der Waals surface area (Å²) in [7, 11) is -2.36. The summed E-state index contributed by atoms with van der Waals surface area (Å²) in [4.78, 5) is 31.2. The maximum absolute atomic E-state index is 13.6. The van der Waals surface area contributed by atoms with Gasteiger partial charge < -0.3 is 14.4 Å². The maximum atomic E-state index is 13.6. The summed E-state index contributed by atoms with van der Waals surface area (Å²) in [6, 6.07) is 33.6. The second kappa shape index (κ2) is 10.4. The van der Waals surface area contributed by atoms with Crippen LogP contribution in [-0.2, 0) is 28.3 Å².